The van der Waals surface area contributed by atoms with Gasteiger partial charge < -0.3 is 5.73 Å². The monoisotopic (exact) mass is 307 g/mol. The largest absolute Gasteiger partial charge is 0.398 e. The van der Waals surface area contributed by atoms with Gasteiger partial charge in [-0.25, -0.2) is 13.1 Å². The number of hydrogen-bond donors (Lipinski definition) is 1. The van der Waals surface area contributed by atoms with E-state index < -0.39 is 9.84 Å². The summed E-state index contributed by atoms with van der Waals surface area (Å²) in [6, 6.07) is 5.36. The third-order valence-electron chi connectivity index (χ3n) is 3.81. The molecule has 1 saturated heterocycles. The molecule has 2 aromatic rings. The molecule has 1 aliphatic rings. The topological polar surface area (TPSA) is 104 Å². The molecule has 7 nitrogen and oxygen atoms in total. The molecule has 2 heterocycles. The molecular formula is C13H17N5O2S. The van der Waals surface area contributed by atoms with Crippen LogP contribution in [-0.4, -0.2) is 40.1 Å². The molecule has 1 aliphatic heterocycles. The number of rotatable bonds is 2. The fourth-order valence-electron chi connectivity index (χ4n) is 2.79. The summed E-state index contributed by atoms with van der Waals surface area (Å²) in [6.45, 7) is 1.93. The molecule has 1 fully saturated rings. The zero-order valence-electron chi connectivity index (χ0n) is 11.7. The van der Waals surface area contributed by atoms with E-state index in [1.54, 1.807) is 10.7 Å². The molecule has 0 spiro atoms. The van der Waals surface area contributed by atoms with Gasteiger partial charge in [0.1, 0.15) is 0 Å². The van der Waals surface area contributed by atoms with Crippen LogP contribution >= 0.6 is 0 Å². The standard InChI is InChI=1S/C13H17N5O2S/c1-9-4-2-6-11(14)12(9)13-15-16-17-18(13)10-5-3-7-21(19,20)8-10/h2,4,6,10H,3,5,7-8,14H2,1H3. The Labute approximate surface area is 123 Å². The van der Waals surface area contributed by atoms with Crippen LogP contribution in [0.1, 0.15) is 24.4 Å². The first kappa shape index (κ1) is 14.0. The van der Waals surface area contributed by atoms with E-state index in [0.717, 1.165) is 17.5 Å². The van der Waals surface area contributed by atoms with E-state index in [9.17, 15) is 8.42 Å². The van der Waals surface area contributed by atoms with Crippen molar-refractivity contribution < 1.29 is 8.42 Å². The Kier molecular flexibility index (Phi) is 3.40. The molecule has 112 valence electrons. The first-order valence-corrected chi connectivity index (χ1v) is 8.64. The van der Waals surface area contributed by atoms with Crippen LogP contribution < -0.4 is 5.73 Å². The van der Waals surface area contributed by atoms with Crippen LogP contribution in [0.25, 0.3) is 11.4 Å². The number of anilines is 1. The van der Waals surface area contributed by atoms with Crippen molar-refractivity contribution in [1.29, 1.82) is 0 Å². The average Bonchev–Trinajstić information content (AvgIpc) is 2.86. The summed E-state index contributed by atoms with van der Waals surface area (Å²) in [6.07, 6.45) is 1.39. The molecule has 1 aromatic heterocycles. The second kappa shape index (κ2) is 5.10. The summed E-state index contributed by atoms with van der Waals surface area (Å²) in [5, 5.41) is 11.8. The first-order chi connectivity index (χ1) is 9.98. The highest BCUT2D eigenvalue weighted by molar-refractivity contribution is 7.91. The molecule has 8 heteroatoms. The Bertz CT molecular complexity index is 748. The van der Waals surface area contributed by atoms with Crippen LogP contribution in [0.3, 0.4) is 0 Å². The molecule has 21 heavy (non-hydrogen) atoms. The molecular weight excluding hydrogens is 290 g/mol. The van der Waals surface area contributed by atoms with E-state index in [1.807, 2.05) is 19.1 Å². The van der Waals surface area contributed by atoms with Crippen LogP contribution in [0, 0.1) is 6.92 Å². The SMILES string of the molecule is Cc1cccc(N)c1-c1nnnn1C1CCCS(=O)(=O)C1. The summed E-state index contributed by atoms with van der Waals surface area (Å²) in [5.41, 5.74) is 8.36. The van der Waals surface area contributed by atoms with E-state index >= 15 is 0 Å². The molecule has 0 aliphatic carbocycles. The maximum Gasteiger partial charge on any atom is 0.184 e. The van der Waals surface area contributed by atoms with Gasteiger partial charge in [0, 0.05) is 11.3 Å². The number of nitrogen functional groups attached to an aromatic ring is 1. The van der Waals surface area contributed by atoms with Crippen molar-refractivity contribution in [2.45, 2.75) is 25.8 Å². The number of sulfone groups is 1. The number of nitrogens with zero attached hydrogens (tertiary/aromatic N) is 4. The van der Waals surface area contributed by atoms with Crippen LogP contribution in [0.15, 0.2) is 18.2 Å². The third kappa shape index (κ3) is 2.63. The van der Waals surface area contributed by atoms with Crippen LogP contribution in [0.4, 0.5) is 5.69 Å². The van der Waals surface area contributed by atoms with Gasteiger partial charge >= 0.3 is 0 Å². The normalized spacial score (nSPS) is 21.3. The maximum atomic E-state index is 11.8. The van der Waals surface area contributed by atoms with E-state index in [2.05, 4.69) is 15.5 Å². The Morgan fingerprint density at radius 3 is 2.90 bits per heavy atom. The van der Waals surface area contributed by atoms with Crippen molar-refractivity contribution in [3.05, 3.63) is 23.8 Å². The lowest BCUT2D eigenvalue weighted by atomic mass is 10.1. The minimum absolute atomic E-state index is 0.0802. The fourth-order valence-corrected chi connectivity index (χ4v) is 4.46. The highest BCUT2D eigenvalue weighted by Crippen LogP contribution is 2.31. The Hall–Kier alpha value is -1.96. The predicted octanol–water partition coefficient (Wildman–Crippen LogP) is 0.980. The van der Waals surface area contributed by atoms with Crippen molar-refractivity contribution in [1.82, 2.24) is 20.2 Å². The number of tetrazole rings is 1. The van der Waals surface area contributed by atoms with Gasteiger partial charge in [0.25, 0.3) is 0 Å². The van der Waals surface area contributed by atoms with E-state index in [1.165, 1.54) is 0 Å². The predicted molar refractivity (Wildman–Crippen MR) is 79.3 cm³/mol. The summed E-state index contributed by atoms with van der Waals surface area (Å²) in [7, 11) is -3.02. The third-order valence-corrected chi connectivity index (χ3v) is 5.61. The van der Waals surface area contributed by atoms with Crippen molar-refractivity contribution in [2.75, 3.05) is 17.2 Å². The zero-order chi connectivity index (χ0) is 15.0. The Balaban J connectivity index is 2.06. The van der Waals surface area contributed by atoms with Gasteiger partial charge in [-0.2, -0.15) is 0 Å². The van der Waals surface area contributed by atoms with E-state index in [-0.39, 0.29) is 17.5 Å². The lowest BCUT2D eigenvalue weighted by Crippen LogP contribution is -2.28. The number of nitrogens with two attached hydrogens (primary N) is 1. The average molecular weight is 307 g/mol. The molecule has 0 radical (unpaired) electrons. The molecule has 1 aromatic carbocycles. The smallest absolute Gasteiger partial charge is 0.184 e. The molecule has 0 bridgehead atoms. The summed E-state index contributed by atoms with van der Waals surface area (Å²) in [5.74, 6) is 0.859. The molecule has 0 amide bonds. The molecule has 0 saturated carbocycles. The molecule has 1 unspecified atom stereocenters. The van der Waals surface area contributed by atoms with Crippen molar-refractivity contribution in [3.63, 3.8) is 0 Å². The van der Waals surface area contributed by atoms with Crippen LogP contribution in [0.2, 0.25) is 0 Å². The highest BCUT2D eigenvalue weighted by Gasteiger charge is 2.29. The second-order valence-electron chi connectivity index (χ2n) is 5.40. The van der Waals surface area contributed by atoms with Gasteiger partial charge in [0.2, 0.25) is 0 Å². The summed E-state index contributed by atoms with van der Waals surface area (Å²) in [4.78, 5) is 0. The Morgan fingerprint density at radius 1 is 1.38 bits per heavy atom. The lowest BCUT2D eigenvalue weighted by molar-refractivity contribution is 0.429. The molecule has 2 N–H and O–H groups in total. The van der Waals surface area contributed by atoms with Gasteiger partial charge in [-0.3, -0.25) is 0 Å². The van der Waals surface area contributed by atoms with Crippen LogP contribution in [0.5, 0.6) is 0 Å². The van der Waals surface area contributed by atoms with Gasteiger partial charge in [-0.05, 0) is 41.8 Å². The summed E-state index contributed by atoms with van der Waals surface area (Å²) >= 11 is 0. The molecule has 1 atom stereocenters. The van der Waals surface area contributed by atoms with Crippen LogP contribution in [-0.2, 0) is 9.84 Å². The van der Waals surface area contributed by atoms with E-state index in [0.29, 0.717) is 17.9 Å². The van der Waals surface area contributed by atoms with Crippen molar-refractivity contribution in [2.24, 2.45) is 0 Å². The zero-order valence-corrected chi connectivity index (χ0v) is 12.5. The number of aromatic nitrogens is 4. The Morgan fingerprint density at radius 2 is 2.19 bits per heavy atom. The van der Waals surface area contributed by atoms with Gasteiger partial charge in [0.15, 0.2) is 15.7 Å². The second-order valence-corrected chi connectivity index (χ2v) is 7.63. The van der Waals surface area contributed by atoms with E-state index in [4.69, 9.17) is 5.73 Å². The first-order valence-electron chi connectivity index (χ1n) is 6.82. The minimum atomic E-state index is -3.02. The maximum absolute atomic E-state index is 11.8. The fraction of sp³-hybridized carbons (Fsp3) is 0.462. The molecule has 3 rings (SSSR count). The van der Waals surface area contributed by atoms with Crippen molar-refractivity contribution in [3.8, 4) is 11.4 Å². The van der Waals surface area contributed by atoms with Gasteiger partial charge in [0.05, 0.1) is 17.5 Å². The minimum Gasteiger partial charge on any atom is -0.398 e. The number of aryl methyl sites for hydroxylation is 1. The number of benzene rings is 1. The van der Waals surface area contributed by atoms with Gasteiger partial charge in [-0.1, -0.05) is 12.1 Å². The van der Waals surface area contributed by atoms with Crippen molar-refractivity contribution >= 4 is 15.5 Å². The quantitative estimate of drug-likeness (QED) is 0.829. The highest BCUT2D eigenvalue weighted by atomic mass is 32.2. The summed E-state index contributed by atoms with van der Waals surface area (Å²) < 4.78 is 25.3. The number of hydrogen-bond acceptors (Lipinski definition) is 6. The van der Waals surface area contributed by atoms with Gasteiger partial charge in [-0.15, -0.1) is 5.10 Å². The lowest BCUT2D eigenvalue weighted by Gasteiger charge is -2.23.